The number of methoxy groups -OCH3 is 1. The molecule has 5 nitrogen and oxygen atoms in total. The highest BCUT2D eigenvalue weighted by Gasteiger charge is 2.36. The maximum atomic E-state index is 12.5. The SMILES string of the molecule is COCC1CN(C(=O)c2ccc(Br)cn2)CC(C)(C)O1. The van der Waals surface area contributed by atoms with Gasteiger partial charge in [0.05, 0.1) is 18.3 Å². The number of amides is 1. The van der Waals surface area contributed by atoms with Crippen LogP contribution in [0.4, 0.5) is 0 Å². The van der Waals surface area contributed by atoms with Gasteiger partial charge in [-0.2, -0.15) is 0 Å². The van der Waals surface area contributed by atoms with E-state index in [-0.39, 0.29) is 17.6 Å². The highest BCUT2D eigenvalue weighted by molar-refractivity contribution is 9.10. The van der Waals surface area contributed by atoms with Crippen LogP contribution in [-0.2, 0) is 9.47 Å². The van der Waals surface area contributed by atoms with Gasteiger partial charge in [0.1, 0.15) is 5.69 Å². The van der Waals surface area contributed by atoms with Gasteiger partial charge in [-0.25, -0.2) is 4.98 Å². The summed E-state index contributed by atoms with van der Waals surface area (Å²) in [4.78, 5) is 18.4. The molecule has 1 atom stereocenters. The van der Waals surface area contributed by atoms with E-state index in [1.54, 1.807) is 24.3 Å². The van der Waals surface area contributed by atoms with Crippen LogP contribution in [0.25, 0.3) is 0 Å². The quantitative estimate of drug-likeness (QED) is 0.844. The predicted octanol–water partition coefficient (Wildman–Crippen LogP) is 2.11. The molecule has 1 aliphatic rings. The molecule has 0 N–H and O–H groups in total. The third kappa shape index (κ3) is 3.77. The molecule has 6 heteroatoms. The largest absolute Gasteiger partial charge is 0.382 e. The maximum Gasteiger partial charge on any atom is 0.272 e. The van der Waals surface area contributed by atoms with Crippen molar-refractivity contribution in [3.63, 3.8) is 0 Å². The predicted molar refractivity (Wildman–Crippen MR) is 78.7 cm³/mol. The van der Waals surface area contributed by atoms with E-state index in [1.807, 2.05) is 19.9 Å². The molecule has 0 aromatic carbocycles. The van der Waals surface area contributed by atoms with Gasteiger partial charge in [0.2, 0.25) is 0 Å². The summed E-state index contributed by atoms with van der Waals surface area (Å²) in [6, 6.07) is 3.54. The van der Waals surface area contributed by atoms with Gasteiger partial charge < -0.3 is 14.4 Å². The molecule has 20 heavy (non-hydrogen) atoms. The van der Waals surface area contributed by atoms with Gasteiger partial charge in [-0.3, -0.25) is 4.79 Å². The summed E-state index contributed by atoms with van der Waals surface area (Å²) >= 11 is 3.31. The van der Waals surface area contributed by atoms with Gasteiger partial charge in [-0.05, 0) is 41.9 Å². The van der Waals surface area contributed by atoms with Crippen LogP contribution >= 0.6 is 15.9 Å². The number of aromatic nitrogens is 1. The average molecular weight is 343 g/mol. The Kier molecular flexibility index (Phi) is 4.78. The summed E-state index contributed by atoms with van der Waals surface area (Å²) in [7, 11) is 1.63. The zero-order valence-corrected chi connectivity index (χ0v) is 13.5. The Morgan fingerprint density at radius 1 is 1.60 bits per heavy atom. The number of pyridine rings is 1. The van der Waals surface area contributed by atoms with Crippen molar-refractivity contribution in [1.29, 1.82) is 0 Å². The molecule has 1 saturated heterocycles. The first-order valence-electron chi connectivity index (χ1n) is 6.49. The number of hydrogen-bond donors (Lipinski definition) is 0. The van der Waals surface area contributed by atoms with E-state index in [0.29, 0.717) is 25.4 Å². The van der Waals surface area contributed by atoms with Crippen molar-refractivity contribution in [2.75, 3.05) is 26.8 Å². The van der Waals surface area contributed by atoms with Crippen molar-refractivity contribution in [3.8, 4) is 0 Å². The molecule has 0 saturated carbocycles. The third-order valence-corrected chi connectivity index (χ3v) is 3.54. The van der Waals surface area contributed by atoms with Gasteiger partial charge in [0.25, 0.3) is 5.91 Å². The van der Waals surface area contributed by atoms with E-state index in [0.717, 1.165) is 4.47 Å². The number of carbonyl (C=O) groups excluding carboxylic acids is 1. The zero-order valence-electron chi connectivity index (χ0n) is 11.9. The summed E-state index contributed by atoms with van der Waals surface area (Å²) in [5.74, 6) is -0.0741. The molecule has 2 heterocycles. The fourth-order valence-electron chi connectivity index (χ4n) is 2.39. The van der Waals surface area contributed by atoms with Gasteiger partial charge in [0.15, 0.2) is 0 Å². The summed E-state index contributed by atoms with van der Waals surface area (Å²) in [6.07, 6.45) is 1.52. The van der Waals surface area contributed by atoms with Gasteiger partial charge in [-0.1, -0.05) is 0 Å². The van der Waals surface area contributed by atoms with Crippen molar-refractivity contribution in [3.05, 3.63) is 28.5 Å². The van der Waals surface area contributed by atoms with Crippen molar-refractivity contribution < 1.29 is 14.3 Å². The highest BCUT2D eigenvalue weighted by Crippen LogP contribution is 2.22. The number of ether oxygens (including phenoxy) is 2. The van der Waals surface area contributed by atoms with Crippen LogP contribution < -0.4 is 0 Å². The molecule has 0 bridgehead atoms. The number of rotatable bonds is 3. The molecule has 0 spiro atoms. The molecule has 1 fully saturated rings. The molecule has 2 rings (SSSR count). The minimum absolute atomic E-state index is 0.0741. The van der Waals surface area contributed by atoms with E-state index in [1.165, 1.54) is 0 Å². The summed E-state index contributed by atoms with van der Waals surface area (Å²) in [6.45, 7) is 5.49. The standard InChI is InChI=1S/C14H19BrN2O3/c1-14(2)9-17(7-11(20-14)8-19-3)13(18)12-5-4-10(15)6-16-12/h4-6,11H,7-9H2,1-3H3. The Labute approximate surface area is 127 Å². The lowest BCUT2D eigenvalue weighted by Gasteiger charge is -2.42. The van der Waals surface area contributed by atoms with Crippen LogP contribution in [0.1, 0.15) is 24.3 Å². The first-order valence-corrected chi connectivity index (χ1v) is 7.28. The number of morpholine rings is 1. The maximum absolute atomic E-state index is 12.5. The first-order chi connectivity index (χ1) is 9.41. The minimum atomic E-state index is -0.382. The van der Waals surface area contributed by atoms with Crippen LogP contribution in [0.15, 0.2) is 22.8 Å². The zero-order chi connectivity index (χ0) is 14.8. The molecule has 1 unspecified atom stereocenters. The van der Waals surface area contributed by atoms with Crippen molar-refractivity contribution in [1.82, 2.24) is 9.88 Å². The molecular weight excluding hydrogens is 324 g/mol. The fourth-order valence-corrected chi connectivity index (χ4v) is 2.62. The Hall–Kier alpha value is -0.980. The normalized spacial score (nSPS) is 21.8. The summed E-state index contributed by atoms with van der Waals surface area (Å²) in [5.41, 5.74) is 0.0639. The van der Waals surface area contributed by atoms with Gasteiger partial charge in [0, 0.05) is 30.9 Å². The van der Waals surface area contributed by atoms with Gasteiger partial charge >= 0.3 is 0 Å². The Morgan fingerprint density at radius 2 is 2.35 bits per heavy atom. The second kappa shape index (κ2) is 6.20. The summed E-state index contributed by atoms with van der Waals surface area (Å²) in [5, 5.41) is 0. The van der Waals surface area contributed by atoms with E-state index in [4.69, 9.17) is 9.47 Å². The Balaban J connectivity index is 2.13. The summed E-state index contributed by atoms with van der Waals surface area (Å²) < 4.78 is 11.9. The topological polar surface area (TPSA) is 51.7 Å². The van der Waals surface area contributed by atoms with E-state index >= 15 is 0 Å². The molecule has 1 aromatic heterocycles. The van der Waals surface area contributed by atoms with Crippen molar-refractivity contribution >= 4 is 21.8 Å². The molecule has 1 aromatic rings. The highest BCUT2D eigenvalue weighted by atomic mass is 79.9. The average Bonchev–Trinajstić information content (AvgIpc) is 2.37. The first kappa shape index (κ1) is 15.4. The number of nitrogens with zero attached hydrogens (tertiary/aromatic N) is 2. The molecular formula is C14H19BrN2O3. The van der Waals surface area contributed by atoms with Crippen LogP contribution in [0.3, 0.4) is 0 Å². The van der Waals surface area contributed by atoms with E-state index in [9.17, 15) is 4.79 Å². The monoisotopic (exact) mass is 342 g/mol. The lowest BCUT2D eigenvalue weighted by atomic mass is 10.0. The Morgan fingerprint density at radius 3 is 2.95 bits per heavy atom. The number of carbonyl (C=O) groups is 1. The smallest absolute Gasteiger partial charge is 0.272 e. The lowest BCUT2D eigenvalue weighted by molar-refractivity contribution is -0.143. The number of halogens is 1. The van der Waals surface area contributed by atoms with Crippen LogP contribution in [-0.4, -0.2) is 54.3 Å². The van der Waals surface area contributed by atoms with Crippen molar-refractivity contribution in [2.45, 2.75) is 25.6 Å². The molecule has 110 valence electrons. The molecule has 0 radical (unpaired) electrons. The second-order valence-electron chi connectivity index (χ2n) is 5.50. The van der Waals surface area contributed by atoms with E-state index < -0.39 is 0 Å². The van der Waals surface area contributed by atoms with Crippen LogP contribution in [0.5, 0.6) is 0 Å². The van der Waals surface area contributed by atoms with Gasteiger partial charge in [-0.15, -0.1) is 0 Å². The second-order valence-corrected chi connectivity index (χ2v) is 6.42. The van der Waals surface area contributed by atoms with Crippen LogP contribution in [0.2, 0.25) is 0 Å². The fraction of sp³-hybridized carbons (Fsp3) is 0.571. The molecule has 1 aliphatic heterocycles. The van der Waals surface area contributed by atoms with E-state index in [2.05, 4.69) is 20.9 Å². The molecule has 1 amide bonds. The van der Waals surface area contributed by atoms with Crippen LogP contribution in [0, 0.1) is 0 Å². The molecule has 0 aliphatic carbocycles. The van der Waals surface area contributed by atoms with Crippen molar-refractivity contribution in [2.24, 2.45) is 0 Å². The third-order valence-electron chi connectivity index (χ3n) is 3.07. The lowest BCUT2D eigenvalue weighted by Crippen LogP contribution is -2.55. The minimum Gasteiger partial charge on any atom is -0.382 e. The Bertz CT molecular complexity index is 476. The number of hydrogen-bond acceptors (Lipinski definition) is 4.